The lowest BCUT2D eigenvalue weighted by molar-refractivity contribution is 0.272. The van der Waals surface area contributed by atoms with Gasteiger partial charge < -0.3 is 5.73 Å². The van der Waals surface area contributed by atoms with Gasteiger partial charge in [0.15, 0.2) is 0 Å². The van der Waals surface area contributed by atoms with E-state index in [1.54, 1.807) is 16.7 Å². The maximum atomic E-state index is 12.2. The molecule has 1 fully saturated rings. The lowest BCUT2D eigenvalue weighted by Crippen LogP contribution is -2.31. The minimum atomic E-state index is -0.0144. The van der Waals surface area contributed by atoms with Gasteiger partial charge >= 0.3 is 0 Å². The Morgan fingerprint density at radius 2 is 2.29 bits per heavy atom. The van der Waals surface area contributed by atoms with E-state index in [1.807, 2.05) is 19.1 Å². The first-order valence-corrected chi connectivity index (χ1v) is 7.41. The first-order chi connectivity index (χ1) is 10.0. The van der Waals surface area contributed by atoms with E-state index in [0.29, 0.717) is 6.54 Å². The highest BCUT2D eigenvalue weighted by Gasteiger charge is 2.32. The monoisotopic (exact) mass is 286 g/mol. The Morgan fingerprint density at radius 1 is 1.48 bits per heavy atom. The molecule has 3 rings (SSSR count). The van der Waals surface area contributed by atoms with Crippen molar-refractivity contribution in [2.75, 3.05) is 19.6 Å². The Hall–Kier alpha value is -1.72. The lowest BCUT2D eigenvalue weighted by Gasteiger charge is -2.22. The molecule has 112 valence electrons. The van der Waals surface area contributed by atoms with Crippen molar-refractivity contribution in [3.05, 3.63) is 46.0 Å². The molecule has 0 aromatic carbocycles. The van der Waals surface area contributed by atoms with E-state index in [4.69, 9.17) is 5.73 Å². The molecule has 3 heterocycles. The van der Waals surface area contributed by atoms with Crippen LogP contribution in [0.5, 0.6) is 0 Å². The third-order valence-electron chi connectivity index (χ3n) is 4.45. The fourth-order valence-corrected chi connectivity index (χ4v) is 3.05. The summed E-state index contributed by atoms with van der Waals surface area (Å²) in [6.45, 7) is 7.61. The molecule has 2 N–H and O–H groups in total. The maximum Gasteiger partial charge on any atom is 0.258 e. The SMILES string of the molecule is Cc1cccn2c(=O)cc(CN3CCC(C)(CN)C3)nc12. The van der Waals surface area contributed by atoms with Crippen LogP contribution >= 0.6 is 0 Å². The number of aromatic nitrogens is 2. The average Bonchev–Trinajstić information content (AvgIpc) is 2.82. The van der Waals surface area contributed by atoms with Crippen LogP contribution in [0.25, 0.3) is 5.65 Å². The minimum Gasteiger partial charge on any atom is -0.330 e. The van der Waals surface area contributed by atoms with Crippen molar-refractivity contribution in [3.63, 3.8) is 0 Å². The summed E-state index contributed by atoms with van der Waals surface area (Å²) in [6, 6.07) is 5.50. The van der Waals surface area contributed by atoms with E-state index >= 15 is 0 Å². The second-order valence-electron chi connectivity index (χ2n) is 6.45. The van der Waals surface area contributed by atoms with Gasteiger partial charge in [-0.2, -0.15) is 0 Å². The van der Waals surface area contributed by atoms with Gasteiger partial charge in [0.25, 0.3) is 5.56 Å². The number of hydrogen-bond donors (Lipinski definition) is 1. The Balaban J connectivity index is 1.89. The van der Waals surface area contributed by atoms with E-state index in [9.17, 15) is 4.79 Å². The smallest absolute Gasteiger partial charge is 0.258 e. The molecule has 0 bridgehead atoms. The summed E-state index contributed by atoms with van der Waals surface area (Å²) < 4.78 is 1.60. The molecule has 1 atom stereocenters. The summed E-state index contributed by atoms with van der Waals surface area (Å²) in [5.74, 6) is 0. The molecule has 1 aliphatic rings. The van der Waals surface area contributed by atoms with Crippen molar-refractivity contribution in [2.45, 2.75) is 26.8 Å². The van der Waals surface area contributed by atoms with Crippen LogP contribution in [0.2, 0.25) is 0 Å². The summed E-state index contributed by atoms with van der Waals surface area (Å²) >= 11 is 0. The van der Waals surface area contributed by atoms with E-state index in [0.717, 1.165) is 43.0 Å². The van der Waals surface area contributed by atoms with Crippen LogP contribution in [0.1, 0.15) is 24.6 Å². The molecule has 0 spiro atoms. The van der Waals surface area contributed by atoms with Gasteiger partial charge in [0, 0.05) is 25.4 Å². The number of nitrogens with zero attached hydrogens (tertiary/aromatic N) is 3. The molecule has 1 unspecified atom stereocenters. The van der Waals surface area contributed by atoms with Crippen molar-refractivity contribution in [3.8, 4) is 0 Å². The molecule has 1 aliphatic heterocycles. The molecule has 5 heteroatoms. The number of rotatable bonds is 3. The van der Waals surface area contributed by atoms with Gasteiger partial charge in [0.2, 0.25) is 0 Å². The number of pyridine rings is 1. The predicted molar refractivity (Wildman–Crippen MR) is 83.3 cm³/mol. The zero-order valence-electron chi connectivity index (χ0n) is 12.7. The van der Waals surface area contributed by atoms with Gasteiger partial charge in [-0.3, -0.25) is 14.1 Å². The van der Waals surface area contributed by atoms with Crippen LogP contribution in [0.3, 0.4) is 0 Å². The van der Waals surface area contributed by atoms with E-state index in [2.05, 4.69) is 16.8 Å². The first-order valence-electron chi connectivity index (χ1n) is 7.41. The van der Waals surface area contributed by atoms with Crippen LogP contribution in [-0.4, -0.2) is 33.9 Å². The number of hydrogen-bond acceptors (Lipinski definition) is 4. The highest BCUT2D eigenvalue weighted by molar-refractivity contribution is 5.46. The van der Waals surface area contributed by atoms with E-state index in [-0.39, 0.29) is 11.0 Å². The number of aryl methyl sites for hydroxylation is 1. The van der Waals surface area contributed by atoms with Crippen LogP contribution in [0, 0.1) is 12.3 Å². The van der Waals surface area contributed by atoms with Crippen LogP contribution in [-0.2, 0) is 6.54 Å². The van der Waals surface area contributed by atoms with Crippen LogP contribution < -0.4 is 11.3 Å². The molecule has 1 saturated heterocycles. The second-order valence-corrected chi connectivity index (χ2v) is 6.45. The molecule has 21 heavy (non-hydrogen) atoms. The summed E-state index contributed by atoms with van der Waals surface area (Å²) in [5.41, 5.74) is 8.64. The second kappa shape index (κ2) is 5.24. The molecular formula is C16H22N4O. The van der Waals surface area contributed by atoms with Crippen molar-refractivity contribution >= 4 is 5.65 Å². The van der Waals surface area contributed by atoms with E-state index in [1.165, 1.54) is 0 Å². The van der Waals surface area contributed by atoms with Gasteiger partial charge in [-0.15, -0.1) is 0 Å². The fourth-order valence-electron chi connectivity index (χ4n) is 3.05. The fraction of sp³-hybridized carbons (Fsp3) is 0.500. The molecule has 2 aromatic rings. The summed E-state index contributed by atoms with van der Waals surface area (Å²) in [6.07, 6.45) is 2.87. The van der Waals surface area contributed by atoms with Gasteiger partial charge in [0.05, 0.1) is 5.69 Å². The van der Waals surface area contributed by atoms with Gasteiger partial charge in [0.1, 0.15) is 5.65 Å². The minimum absolute atomic E-state index is 0.0144. The molecule has 0 aliphatic carbocycles. The summed E-state index contributed by atoms with van der Waals surface area (Å²) in [5, 5.41) is 0. The van der Waals surface area contributed by atoms with E-state index < -0.39 is 0 Å². The zero-order chi connectivity index (χ0) is 15.0. The average molecular weight is 286 g/mol. The Labute approximate surface area is 124 Å². The third-order valence-corrected chi connectivity index (χ3v) is 4.45. The molecule has 0 amide bonds. The van der Waals surface area contributed by atoms with Crippen molar-refractivity contribution in [1.29, 1.82) is 0 Å². The largest absolute Gasteiger partial charge is 0.330 e. The number of fused-ring (bicyclic) bond motifs is 1. The molecule has 0 radical (unpaired) electrons. The lowest BCUT2D eigenvalue weighted by atomic mass is 9.90. The Bertz CT molecular complexity index is 724. The topological polar surface area (TPSA) is 63.6 Å². The standard InChI is InChI=1S/C16H22N4O/c1-12-4-3-6-20-14(21)8-13(18-15(12)20)9-19-7-5-16(2,10-17)11-19/h3-4,6,8H,5,7,9-11,17H2,1-2H3. The summed E-state index contributed by atoms with van der Waals surface area (Å²) in [7, 11) is 0. The number of likely N-dealkylation sites (tertiary alicyclic amines) is 1. The molecule has 5 nitrogen and oxygen atoms in total. The Kier molecular flexibility index (Phi) is 3.55. The predicted octanol–water partition coefficient (Wildman–Crippen LogP) is 1.17. The molecular weight excluding hydrogens is 264 g/mol. The van der Waals surface area contributed by atoms with Crippen molar-refractivity contribution in [1.82, 2.24) is 14.3 Å². The van der Waals surface area contributed by atoms with Gasteiger partial charge in [-0.25, -0.2) is 4.98 Å². The maximum absolute atomic E-state index is 12.2. The number of nitrogens with two attached hydrogens (primary N) is 1. The van der Waals surface area contributed by atoms with Gasteiger partial charge in [-0.1, -0.05) is 13.0 Å². The Morgan fingerprint density at radius 3 is 3.00 bits per heavy atom. The molecule has 0 saturated carbocycles. The van der Waals surface area contributed by atoms with Crippen LogP contribution in [0.4, 0.5) is 0 Å². The quantitative estimate of drug-likeness (QED) is 0.920. The zero-order valence-corrected chi connectivity index (χ0v) is 12.7. The van der Waals surface area contributed by atoms with Gasteiger partial charge in [-0.05, 0) is 43.5 Å². The first kappa shape index (κ1) is 14.2. The van der Waals surface area contributed by atoms with Crippen molar-refractivity contribution in [2.24, 2.45) is 11.1 Å². The van der Waals surface area contributed by atoms with Crippen molar-refractivity contribution < 1.29 is 0 Å². The molecule has 2 aromatic heterocycles. The highest BCUT2D eigenvalue weighted by atomic mass is 16.1. The van der Waals surface area contributed by atoms with Crippen LogP contribution in [0.15, 0.2) is 29.2 Å². The summed E-state index contributed by atoms with van der Waals surface area (Å²) in [4.78, 5) is 19.2. The third kappa shape index (κ3) is 2.71. The highest BCUT2D eigenvalue weighted by Crippen LogP contribution is 2.29. The normalized spacial score (nSPS) is 23.0.